The number of aromatic nitrogens is 3. The van der Waals surface area contributed by atoms with Gasteiger partial charge in [-0.05, 0) is 25.7 Å². The van der Waals surface area contributed by atoms with E-state index < -0.39 is 0 Å². The minimum atomic E-state index is 0.286. The maximum atomic E-state index is 5.99. The summed E-state index contributed by atoms with van der Waals surface area (Å²) in [6.07, 6.45) is 2.96. The summed E-state index contributed by atoms with van der Waals surface area (Å²) in [6.45, 7) is 6.61. The van der Waals surface area contributed by atoms with Crippen molar-refractivity contribution in [2.24, 2.45) is 11.7 Å². The normalized spacial score (nSPS) is 22.9. The molecule has 2 atom stereocenters. The first kappa shape index (κ1) is 10.6. The largest absolute Gasteiger partial charge is 0.327 e. The molecule has 0 aliphatic heterocycles. The molecule has 0 bridgehead atoms. The number of rotatable bonds is 2. The van der Waals surface area contributed by atoms with Crippen molar-refractivity contribution >= 4 is 0 Å². The fourth-order valence-electron chi connectivity index (χ4n) is 2.03. The zero-order valence-electron chi connectivity index (χ0n) is 9.77. The van der Waals surface area contributed by atoms with E-state index >= 15 is 0 Å². The van der Waals surface area contributed by atoms with Gasteiger partial charge in [0.25, 0.3) is 0 Å². The summed E-state index contributed by atoms with van der Waals surface area (Å²) in [5.41, 5.74) is 8.40. The molecule has 0 radical (unpaired) electrons. The Morgan fingerprint density at radius 2 is 2.13 bits per heavy atom. The Labute approximate surface area is 90.8 Å². The Balaban J connectivity index is 2.30. The lowest BCUT2D eigenvalue weighted by atomic mass is 9.95. The molecule has 0 saturated carbocycles. The van der Waals surface area contributed by atoms with Crippen molar-refractivity contribution in [2.75, 3.05) is 0 Å². The standard InChI is InChI=1S/C11H20N4/c1-7(2)8(3)15-11-6-9(12)4-5-10(11)13-14-15/h7-9H,4-6,12H2,1-3H3/t8-,9+/m1/s1. The molecule has 84 valence electrons. The van der Waals surface area contributed by atoms with Crippen molar-refractivity contribution in [1.82, 2.24) is 15.0 Å². The zero-order valence-corrected chi connectivity index (χ0v) is 9.77. The number of fused-ring (bicyclic) bond motifs is 1. The van der Waals surface area contributed by atoms with Crippen LogP contribution in [0.1, 0.15) is 44.6 Å². The smallest absolute Gasteiger partial charge is 0.0860 e. The molecule has 4 nitrogen and oxygen atoms in total. The first-order valence-corrected chi connectivity index (χ1v) is 5.78. The molecule has 1 aromatic rings. The first-order chi connectivity index (χ1) is 7.09. The molecular weight excluding hydrogens is 188 g/mol. The van der Waals surface area contributed by atoms with Gasteiger partial charge in [-0.1, -0.05) is 19.1 Å². The summed E-state index contributed by atoms with van der Waals surface area (Å²) >= 11 is 0. The van der Waals surface area contributed by atoms with Gasteiger partial charge in [-0.15, -0.1) is 5.10 Å². The Morgan fingerprint density at radius 3 is 2.80 bits per heavy atom. The fourth-order valence-corrected chi connectivity index (χ4v) is 2.03. The second kappa shape index (κ2) is 3.93. The summed E-state index contributed by atoms with van der Waals surface area (Å²) in [5.74, 6) is 0.578. The number of aryl methyl sites for hydroxylation is 1. The van der Waals surface area contributed by atoms with Gasteiger partial charge in [0.05, 0.1) is 17.4 Å². The van der Waals surface area contributed by atoms with E-state index in [1.807, 2.05) is 0 Å². The van der Waals surface area contributed by atoms with Gasteiger partial charge in [0.2, 0.25) is 0 Å². The van der Waals surface area contributed by atoms with Crippen LogP contribution in [-0.4, -0.2) is 21.0 Å². The van der Waals surface area contributed by atoms with E-state index in [1.165, 1.54) is 5.69 Å². The van der Waals surface area contributed by atoms with Crippen molar-refractivity contribution in [1.29, 1.82) is 0 Å². The SMILES string of the molecule is CC(C)[C@@H](C)n1nnc2c1C[C@@H](N)CC2. The zero-order chi connectivity index (χ0) is 11.0. The van der Waals surface area contributed by atoms with E-state index in [9.17, 15) is 0 Å². The third-order valence-electron chi connectivity index (χ3n) is 3.43. The average molecular weight is 208 g/mol. The molecule has 1 aliphatic rings. The maximum absolute atomic E-state index is 5.99. The molecule has 1 heterocycles. The Bertz CT molecular complexity index is 342. The van der Waals surface area contributed by atoms with Crippen molar-refractivity contribution in [2.45, 2.75) is 52.1 Å². The highest BCUT2D eigenvalue weighted by atomic mass is 15.4. The Morgan fingerprint density at radius 1 is 1.40 bits per heavy atom. The lowest BCUT2D eigenvalue weighted by Crippen LogP contribution is -2.30. The fraction of sp³-hybridized carbons (Fsp3) is 0.818. The van der Waals surface area contributed by atoms with Crippen LogP contribution >= 0.6 is 0 Å². The molecular formula is C11H20N4. The van der Waals surface area contributed by atoms with Crippen LogP contribution in [0.5, 0.6) is 0 Å². The van der Waals surface area contributed by atoms with Crippen LogP contribution in [0, 0.1) is 5.92 Å². The lowest BCUT2D eigenvalue weighted by molar-refractivity contribution is 0.353. The third kappa shape index (κ3) is 1.91. The van der Waals surface area contributed by atoms with E-state index in [1.54, 1.807) is 0 Å². The number of nitrogens with zero attached hydrogens (tertiary/aromatic N) is 3. The van der Waals surface area contributed by atoms with Crippen molar-refractivity contribution < 1.29 is 0 Å². The van der Waals surface area contributed by atoms with Crippen molar-refractivity contribution in [3.63, 3.8) is 0 Å². The van der Waals surface area contributed by atoms with Crippen molar-refractivity contribution in [3.05, 3.63) is 11.4 Å². The van der Waals surface area contributed by atoms with Gasteiger partial charge in [-0.25, -0.2) is 4.68 Å². The highest BCUT2D eigenvalue weighted by molar-refractivity contribution is 5.16. The van der Waals surface area contributed by atoms with Crippen LogP contribution < -0.4 is 5.73 Å². The molecule has 0 amide bonds. The maximum Gasteiger partial charge on any atom is 0.0860 e. The van der Waals surface area contributed by atoms with Crippen LogP contribution in [0.25, 0.3) is 0 Å². The van der Waals surface area contributed by atoms with Crippen molar-refractivity contribution in [3.8, 4) is 0 Å². The molecule has 2 N–H and O–H groups in total. The molecule has 4 heteroatoms. The Kier molecular flexibility index (Phi) is 2.78. The monoisotopic (exact) mass is 208 g/mol. The molecule has 1 aliphatic carbocycles. The second-order valence-electron chi connectivity index (χ2n) is 4.91. The van der Waals surface area contributed by atoms with Crippen LogP contribution in [0.15, 0.2) is 0 Å². The van der Waals surface area contributed by atoms with E-state index in [4.69, 9.17) is 5.73 Å². The van der Waals surface area contributed by atoms with Crippen LogP contribution in [-0.2, 0) is 12.8 Å². The average Bonchev–Trinajstić information content (AvgIpc) is 2.59. The first-order valence-electron chi connectivity index (χ1n) is 5.78. The van der Waals surface area contributed by atoms with E-state index in [2.05, 4.69) is 35.8 Å². The van der Waals surface area contributed by atoms with Gasteiger partial charge in [-0.3, -0.25) is 0 Å². The quantitative estimate of drug-likeness (QED) is 0.797. The summed E-state index contributed by atoms with van der Waals surface area (Å²) in [5, 5.41) is 8.52. The summed E-state index contributed by atoms with van der Waals surface area (Å²) in [7, 11) is 0. The van der Waals surface area contributed by atoms with E-state index in [0.717, 1.165) is 25.0 Å². The molecule has 15 heavy (non-hydrogen) atoms. The number of hydrogen-bond donors (Lipinski definition) is 1. The van der Waals surface area contributed by atoms with E-state index in [-0.39, 0.29) is 6.04 Å². The Hall–Kier alpha value is -0.900. The molecule has 2 rings (SSSR count). The molecule has 0 spiro atoms. The second-order valence-corrected chi connectivity index (χ2v) is 4.91. The number of nitrogens with two attached hydrogens (primary N) is 1. The van der Waals surface area contributed by atoms with Gasteiger partial charge in [0, 0.05) is 12.5 Å². The van der Waals surface area contributed by atoms with Gasteiger partial charge >= 0.3 is 0 Å². The predicted octanol–water partition coefficient (Wildman–Crippen LogP) is 1.31. The lowest BCUT2D eigenvalue weighted by Gasteiger charge is -2.22. The summed E-state index contributed by atoms with van der Waals surface area (Å²) in [4.78, 5) is 0. The highest BCUT2D eigenvalue weighted by Gasteiger charge is 2.24. The van der Waals surface area contributed by atoms with Crippen LogP contribution in [0.4, 0.5) is 0 Å². The predicted molar refractivity (Wildman–Crippen MR) is 59.6 cm³/mol. The topological polar surface area (TPSA) is 56.7 Å². The minimum Gasteiger partial charge on any atom is -0.327 e. The van der Waals surface area contributed by atoms with E-state index in [0.29, 0.717) is 12.0 Å². The summed E-state index contributed by atoms with van der Waals surface area (Å²) < 4.78 is 2.07. The molecule has 0 unspecified atom stereocenters. The van der Waals surface area contributed by atoms with Gasteiger partial charge < -0.3 is 5.73 Å². The molecule has 0 saturated heterocycles. The van der Waals surface area contributed by atoms with Crippen LogP contribution in [0.3, 0.4) is 0 Å². The third-order valence-corrected chi connectivity index (χ3v) is 3.43. The molecule has 1 aromatic heterocycles. The molecule has 0 aromatic carbocycles. The highest BCUT2D eigenvalue weighted by Crippen LogP contribution is 2.24. The number of hydrogen-bond acceptors (Lipinski definition) is 3. The molecule has 0 fully saturated rings. The minimum absolute atomic E-state index is 0.286. The van der Waals surface area contributed by atoms with Gasteiger partial charge in [-0.2, -0.15) is 0 Å². The van der Waals surface area contributed by atoms with Gasteiger partial charge in [0.1, 0.15) is 0 Å². The van der Waals surface area contributed by atoms with Gasteiger partial charge in [0.15, 0.2) is 0 Å². The summed E-state index contributed by atoms with van der Waals surface area (Å²) in [6, 6.07) is 0.695. The van der Waals surface area contributed by atoms with Crippen LogP contribution in [0.2, 0.25) is 0 Å².